The zero-order valence-electron chi connectivity index (χ0n) is 10.4. The SMILES string of the molecule is Cc1cc(Cc2ccc(F)cc2C(F)(F)F)c(=O)[nH]n1. The number of nitrogens with zero attached hydrogens (tertiary/aromatic N) is 1. The van der Waals surface area contributed by atoms with E-state index >= 15 is 0 Å². The summed E-state index contributed by atoms with van der Waals surface area (Å²) in [5.41, 5.74) is -1.17. The van der Waals surface area contributed by atoms with E-state index in [1.807, 2.05) is 0 Å². The van der Waals surface area contributed by atoms with Crippen molar-refractivity contribution in [3.05, 3.63) is 62.8 Å². The lowest BCUT2D eigenvalue weighted by atomic mass is 10.00. The van der Waals surface area contributed by atoms with Crippen LogP contribution < -0.4 is 5.56 Å². The maximum Gasteiger partial charge on any atom is 0.416 e. The summed E-state index contributed by atoms with van der Waals surface area (Å²) in [7, 11) is 0. The molecule has 7 heteroatoms. The lowest BCUT2D eigenvalue weighted by Crippen LogP contribution is -2.17. The Morgan fingerprint density at radius 1 is 1.20 bits per heavy atom. The van der Waals surface area contributed by atoms with E-state index in [-0.39, 0.29) is 17.5 Å². The van der Waals surface area contributed by atoms with E-state index in [2.05, 4.69) is 10.2 Å². The average Bonchev–Trinajstić information content (AvgIpc) is 2.34. The lowest BCUT2D eigenvalue weighted by molar-refractivity contribution is -0.138. The quantitative estimate of drug-likeness (QED) is 0.863. The Morgan fingerprint density at radius 2 is 1.90 bits per heavy atom. The van der Waals surface area contributed by atoms with Crippen molar-refractivity contribution in [1.29, 1.82) is 0 Å². The summed E-state index contributed by atoms with van der Waals surface area (Å²) in [5, 5.41) is 5.84. The van der Waals surface area contributed by atoms with Crippen LogP contribution in [0, 0.1) is 12.7 Å². The molecule has 0 amide bonds. The molecule has 0 aliphatic carbocycles. The second kappa shape index (κ2) is 5.07. The molecule has 2 rings (SSSR count). The van der Waals surface area contributed by atoms with Gasteiger partial charge in [-0.3, -0.25) is 4.79 Å². The molecule has 1 N–H and O–H groups in total. The largest absolute Gasteiger partial charge is 0.416 e. The number of hydrogen-bond donors (Lipinski definition) is 1. The smallest absolute Gasteiger partial charge is 0.268 e. The Labute approximate surface area is 111 Å². The third kappa shape index (κ3) is 3.04. The predicted molar refractivity (Wildman–Crippen MR) is 63.8 cm³/mol. The van der Waals surface area contributed by atoms with Gasteiger partial charge in [0, 0.05) is 12.0 Å². The summed E-state index contributed by atoms with van der Waals surface area (Å²) in [6, 6.07) is 3.81. The molecule has 0 radical (unpaired) electrons. The van der Waals surface area contributed by atoms with Crippen LogP contribution in [0.1, 0.15) is 22.4 Å². The maximum absolute atomic E-state index is 13.0. The Bertz CT molecular complexity index is 692. The molecule has 0 aliphatic rings. The molecular formula is C13H10F4N2O. The zero-order chi connectivity index (χ0) is 14.9. The number of hydrogen-bond acceptors (Lipinski definition) is 2. The van der Waals surface area contributed by atoms with Gasteiger partial charge in [0.2, 0.25) is 0 Å². The lowest BCUT2D eigenvalue weighted by Gasteiger charge is -2.12. The Morgan fingerprint density at radius 3 is 2.55 bits per heavy atom. The highest BCUT2D eigenvalue weighted by Crippen LogP contribution is 2.33. The first-order valence-electron chi connectivity index (χ1n) is 5.68. The summed E-state index contributed by atoms with van der Waals surface area (Å²) in [4.78, 5) is 11.5. The van der Waals surface area contributed by atoms with Gasteiger partial charge in [-0.05, 0) is 30.7 Å². The van der Waals surface area contributed by atoms with Crippen molar-refractivity contribution in [3.8, 4) is 0 Å². The van der Waals surface area contributed by atoms with Crippen molar-refractivity contribution in [3.63, 3.8) is 0 Å². The van der Waals surface area contributed by atoms with E-state index in [0.29, 0.717) is 11.8 Å². The van der Waals surface area contributed by atoms with Crippen LogP contribution in [-0.2, 0) is 12.6 Å². The fraction of sp³-hybridized carbons (Fsp3) is 0.231. The molecule has 3 nitrogen and oxygen atoms in total. The minimum absolute atomic E-state index is 0.148. The summed E-state index contributed by atoms with van der Waals surface area (Å²) >= 11 is 0. The van der Waals surface area contributed by atoms with Crippen molar-refractivity contribution < 1.29 is 17.6 Å². The minimum Gasteiger partial charge on any atom is -0.268 e. The monoisotopic (exact) mass is 286 g/mol. The molecule has 0 saturated carbocycles. The number of aromatic amines is 1. The number of halogens is 4. The number of aryl methyl sites for hydroxylation is 1. The van der Waals surface area contributed by atoms with Gasteiger partial charge in [-0.1, -0.05) is 6.07 Å². The Kier molecular flexibility index (Phi) is 3.61. The molecule has 0 aliphatic heterocycles. The highest BCUT2D eigenvalue weighted by Gasteiger charge is 2.33. The van der Waals surface area contributed by atoms with Crippen LogP contribution in [0.25, 0.3) is 0 Å². The van der Waals surface area contributed by atoms with Gasteiger partial charge in [-0.2, -0.15) is 18.3 Å². The summed E-state index contributed by atoms with van der Waals surface area (Å²) in [6.07, 6.45) is -4.92. The molecule has 1 heterocycles. The molecule has 1 aromatic heterocycles. The Hall–Kier alpha value is -2.18. The van der Waals surface area contributed by atoms with E-state index in [0.717, 1.165) is 12.1 Å². The number of H-pyrrole nitrogens is 1. The van der Waals surface area contributed by atoms with E-state index in [1.165, 1.54) is 6.07 Å². The summed E-state index contributed by atoms with van der Waals surface area (Å²) < 4.78 is 51.5. The van der Waals surface area contributed by atoms with Crippen molar-refractivity contribution >= 4 is 0 Å². The molecule has 0 bridgehead atoms. The van der Waals surface area contributed by atoms with Gasteiger partial charge in [-0.25, -0.2) is 9.49 Å². The molecule has 2 aromatic rings. The molecule has 106 valence electrons. The number of alkyl halides is 3. The van der Waals surface area contributed by atoms with E-state index in [1.54, 1.807) is 6.92 Å². The number of nitrogens with one attached hydrogen (secondary N) is 1. The molecule has 0 unspecified atom stereocenters. The first-order chi connectivity index (χ1) is 9.27. The zero-order valence-corrected chi connectivity index (χ0v) is 10.4. The maximum atomic E-state index is 13.0. The Balaban J connectivity index is 2.49. The van der Waals surface area contributed by atoms with Crippen LogP contribution in [0.15, 0.2) is 29.1 Å². The summed E-state index contributed by atoms with van der Waals surface area (Å²) in [6.45, 7) is 1.61. The second-order valence-electron chi connectivity index (χ2n) is 4.34. The van der Waals surface area contributed by atoms with E-state index < -0.39 is 23.1 Å². The van der Waals surface area contributed by atoms with Crippen molar-refractivity contribution in [2.75, 3.05) is 0 Å². The first-order valence-corrected chi connectivity index (χ1v) is 5.68. The van der Waals surface area contributed by atoms with Crippen LogP contribution in [0.4, 0.5) is 17.6 Å². The van der Waals surface area contributed by atoms with E-state index in [4.69, 9.17) is 0 Å². The topological polar surface area (TPSA) is 45.8 Å². The first kappa shape index (κ1) is 14.2. The minimum atomic E-state index is -4.67. The van der Waals surface area contributed by atoms with Gasteiger partial charge in [0.05, 0.1) is 11.3 Å². The van der Waals surface area contributed by atoms with E-state index in [9.17, 15) is 22.4 Å². The van der Waals surface area contributed by atoms with Gasteiger partial charge < -0.3 is 0 Å². The van der Waals surface area contributed by atoms with Crippen LogP contribution >= 0.6 is 0 Å². The van der Waals surface area contributed by atoms with Crippen LogP contribution in [0.5, 0.6) is 0 Å². The van der Waals surface area contributed by atoms with Crippen LogP contribution in [-0.4, -0.2) is 10.2 Å². The average molecular weight is 286 g/mol. The second-order valence-corrected chi connectivity index (χ2v) is 4.34. The van der Waals surface area contributed by atoms with Crippen molar-refractivity contribution in [1.82, 2.24) is 10.2 Å². The fourth-order valence-corrected chi connectivity index (χ4v) is 1.86. The van der Waals surface area contributed by atoms with Gasteiger partial charge in [0.1, 0.15) is 5.82 Å². The molecule has 0 saturated heterocycles. The third-order valence-electron chi connectivity index (χ3n) is 2.77. The molecule has 0 atom stereocenters. The third-order valence-corrected chi connectivity index (χ3v) is 2.77. The number of rotatable bonds is 2. The van der Waals surface area contributed by atoms with Gasteiger partial charge in [0.25, 0.3) is 5.56 Å². The molecule has 0 spiro atoms. The van der Waals surface area contributed by atoms with Crippen molar-refractivity contribution in [2.45, 2.75) is 19.5 Å². The standard InChI is InChI=1S/C13H10F4N2O/c1-7-4-9(12(20)19-18-7)5-8-2-3-10(14)6-11(8)13(15,16)17/h2-4,6H,5H2,1H3,(H,19,20). The van der Waals surface area contributed by atoms with Gasteiger partial charge in [-0.15, -0.1) is 0 Å². The highest BCUT2D eigenvalue weighted by atomic mass is 19.4. The molecular weight excluding hydrogens is 276 g/mol. The van der Waals surface area contributed by atoms with Crippen LogP contribution in [0.3, 0.4) is 0 Å². The summed E-state index contributed by atoms with van der Waals surface area (Å²) in [5.74, 6) is -0.971. The molecule has 20 heavy (non-hydrogen) atoms. The highest BCUT2D eigenvalue weighted by molar-refractivity contribution is 5.34. The number of aromatic nitrogens is 2. The van der Waals surface area contributed by atoms with Gasteiger partial charge >= 0.3 is 6.18 Å². The van der Waals surface area contributed by atoms with Crippen molar-refractivity contribution in [2.24, 2.45) is 0 Å². The van der Waals surface area contributed by atoms with Crippen LogP contribution in [0.2, 0.25) is 0 Å². The van der Waals surface area contributed by atoms with Gasteiger partial charge in [0.15, 0.2) is 0 Å². The molecule has 0 fully saturated rings. The molecule has 1 aromatic carbocycles. The normalized spacial score (nSPS) is 11.7. The predicted octanol–water partition coefficient (Wildman–Crippen LogP) is 2.83. The fourth-order valence-electron chi connectivity index (χ4n) is 1.86. The number of benzene rings is 1.